The molecule has 1 aromatic rings. The summed E-state index contributed by atoms with van der Waals surface area (Å²) in [6.45, 7) is 7.83. The highest BCUT2D eigenvalue weighted by Gasteiger charge is 2.26. The van der Waals surface area contributed by atoms with Crippen molar-refractivity contribution in [3.8, 4) is 0 Å². The van der Waals surface area contributed by atoms with Gasteiger partial charge in [-0.05, 0) is 24.1 Å². The molecule has 4 nitrogen and oxygen atoms in total. The van der Waals surface area contributed by atoms with E-state index in [4.69, 9.17) is 4.74 Å². The number of methoxy groups -OCH3 is 1. The van der Waals surface area contributed by atoms with E-state index in [1.807, 2.05) is 19.2 Å². The summed E-state index contributed by atoms with van der Waals surface area (Å²) in [6, 6.07) is 6.73. The van der Waals surface area contributed by atoms with Crippen LogP contribution < -0.4 is 5.32 Å². The number of nitrogens with one attached hydrogen (secondary N) is 1. The first-order chi connectivity index (χ1) is 11.0. The van der Waals surface area contributed by atoms with Crippen LogP contribution in [0.1, 0.15) is 25.8 Å². The van der Waals surface area contributed by atoms with E-state index in [9.17, 15) is 4.39 Å². The molecule has 1 unspecified atom stereocenters. The van der Waals surface area contributed by atoms with Gasteiger partial charge < -0.3 is 15.0 Å². The van der Waals surface area contributed by atoms with E-state index in [-0.39, 0.29) is 11.2 Å². The summed E-state index contributed by atoms with van der Waals surface area (Å²) in [4.78, 5) is 6.69. The minimum atomic E-state index is -0.199. The third kappa shape index (κ3) is 4.67. The summed E-state index contributed by atoms with van der Waals surface area (Å²) >= 11 is 0. The molecule has 0 bridgehead atoms. The minimum Gasteiger partial charge on any atom is -0.384 e. The highest BCUT2D eigenvalue weighted by molar-refractivity contribution is 5.80. The average molecular weight is 321 g/mol. The molecule has 5 heteroatoms. The molecule has 1 atom stereocenters. The second-order valence-corrected chi connectivity index (χ2v) is 6.85. The first-order valence-corrected chi connectivity index (χ1v) is 8.17. The summed E-state index contributed by atoms with van der Waals surface area (Å²) in [5, 5.41) is 3.47. The Bertz CT molecular complexity index is 528. The van der Waals surface area contributed by atoms with Crippen molar-refractivity contribution in [2.75, 3.05) is 40.4 Å². The van der Waals surface area contributed by atoms with Crippen LogP contribution in [0, 0.1) is 11.7 Å². The Labute approximate surface area is 138 Å². The van der Waals surface area contributed by atoms with Gasteiger partial charge in [0, 0.05) is 45.1 Å². The van der Waals surface area contributed by atoms with E-state index in [0.717, 1.165) is 44.2 Å². The first-order valence-electron chi connectivity index (χ1n) is 8.17. The fourth-order valence-electron chi connectivity index (χ4n) is 3.03. The molecular formula is C18H28FN3O. The van der Waals surface area contributed by atoms with E-state index in [2.05, 4.69) is 29.1 Å². The van der Waals surface area contributed by atoms with Crippen LogP contribution in [0.25, 0.3) is 0 Å². The third-order valence-electron chi connectivity index (χ3n) is 4.51. The van der Waals surface area contributed by atoms with Crippen LogP contribution in [-0.2, 0) is 10.2 Å². The molecule has 128 valence electrons. The number of aliphatic imine (C=N–C) groups is 1. The third-order valence-corrected chi connectivity index (χ3v) is 4.51. The summed E-state index contributed by atoms with van der Waals surface area (Å²) in [5.74, 6) is 1.30. The molecule has 1 aliphatic heterocycles. The SMILES string of the molecule is CN=C(NCC(C)(C)c1ccc(F)cc1)N1CCC(COC)C1. The number of hydrogen-bond acceptors (Lipinski definition) is 2. The standard InChI is InChI=1S/C18H28FN3O/c1-18(2,15-5-7-16(19)8-6-15)13-21-17(20-3)22-10-9-14(11-22)12-23-4/h5-8,14H,9-13H2,1-4H3,(H,20,21). The second kappa shape index (κ2) is 7.77. The highest BCUT2D eigenvalue weighted by atomic mass is 19.1. The Balaban J connectivity index is 1.94. The van der Waals surface area contributed by atoms with Crippen LogP contribution >= 0.6 is 0 Å². The maximum absolute atomic E-state index is 13.1. The zero-order valence-electron chi connectivity index (χ0n) is 14.6. The minimum absolute atomic E-state index is 0.102. The van der Waals surface area contributed by atoms with Crippen molar-refractivity contribution in [2.45, 2.75) is 25.7 Å². The van der Waals surface area contributed by atoms with Crippen molar-refractivity contribution < 1.29 is 9.13 Å². The van der Waals surface area contributed by atoms with Crippen molar-refractivity contribution in [1.82, 2.24) is 10.2 Å². The summed E-state index contributed by atoms with van der Waals surface area (Å²) in [7, 11) is 3.57. The Hall–Kier alpha value is -1.62. The quantitative estimate of drug-likeness (QED) is 0.669. The highest BCUT2D eigenvalue weighted by Crippen LogP contribution is 2.23. The predicted octanol–water partition coefficient (Wildman–Crippen LogP) is 2.65. The summed E-state index contributed by atoms with van der Waals surface area (Å²) < 4.78 is 18.3. The topological polar surface area (TPSA) is 36.9 Å². The molecule has 1 N–H and O–H groups in total. The fraction of sp³-hybridized carbons (Fsp3) is 0.611. The van der Waals surface area contributed by atoms with E-state index < -0.39 is 0 Å². The molecule has 23 heavy (non-hydrogen) atoms. The zero-order chi connectivity index (χ0) is 16.9. The molecule has 1 saturated heterocycles. The first kappa shape index (κ1) is 17.7. The van der Waals surface area contributed by atoms with Crippen LogP contribution in [0.4, 0.5) is 4.39 Å². The van der Waals surface area contributed by atoms with Crippen LogP contribution in [-0.4, -0.2) is 51.3 Å². The fourth-order valence-corrected chi connectivity index (χ4v) is 3.03. The van der Waals surface area contributed by atoms with Gasteiger partial charge in [-0.2, -0.15) is 0 Å². The van der Waals surface area contributed by atoms with E-state index >= 15 is 0 Å². The molecule has 1 aliphatic rings. The number of guanidine groups is 1. The molecule has 0 aromatic heterocycles. The number of nitrogens with zero attached hydrogens (tertiary/aromatic N) is 2. The molecule has 0 spiro atoms. The molecular weight excluding hydrogens is 293 g/mol. The second-order valence-electron chi connectivity index (χ2n) is 6.85. The summed E-state index contributed by atoms with van der Waals surface area (Å²) in [5.41, 5.74) is 1.01. The number of likely N-dealkylation sites (tertiary alicyclic amines) is 1. The molecule has 2 rings (SSSR count). The monoisotopic (exact) mass is 321 g/mol. The van der Waals surface area contributed by atoms with Crippen LogP contribution in [0.5, 0.6) is 0 Å². The number of ether oxygens (including phenoxy) is 1. The molecule has 1 fully saturated rings. The van der Waals surface area contributed by atoms with Crippen molar-refractivity contribution in [2.24, 2.45) is 10.9 Å². The Morgan fingerprint density at radius 1 is 1.39 bits per heavy atom. The number of benzene rings is 1. The van der Waals surface area contributed by atoms with E-state index in [1.165, 1.54) is 12.1 Å². The average Bonchev–Trinajstić information content (AvgIpc) is 2.97. The smallest absolute Gasteiger partial charge is 0.193 e. The Morgan fingerprint density at radius 3 is 2.70 bits per heavy atom. The Kier molecular flexibility index (Phi) is 5.99. The predicted molar refractivity (Wildman–Crippen MR) is 92.3 cm³/mol. The largest absolute Gasteiger partial charge is 0.384 e. The molecule has 0 aliphatic carbocycles. The van der Waals surface area contributed by atoms with Gasteiger partial charge in [0.2, 0.25) is 0 Å². The lowest BCUT2D eigenvalue weighted by Gasteiger charge is -2.29. The van der Waals surface area contributed by atoms with Gasteiger partial charge in [0.25, 0.3) is 0 Å². The van der Waals surface area contributed by atoms with Crippen molar-refractivity contribution in [1.29, 1.82) is 0 Å². The van der Waals surface area contributed by atoms with Crippen molar-refractivity contribution in [3.63, 3.8) is 0 Å². The molecule has 0 saturated carbocycles. The van der Waals surface area contributed by atoms with Gasteiger partial charge in [-0.15, -0.1) is 0 Å². The lowest BCUT2D eigenvalue weighted by atomic mass is 9.84. The maximum atomic E-state index is 13.1. The van der Waals surface area contributed by atoms with Gasteiger partial charge >= 0.3 is 0 Å². The van der Waals surface area contributed by atoms with Crippen LogP contribution in [0.3, 0.4) is 0 Å². The normalized spacial score (nSPS) is 19.3. The van der Waals surface area contributed by atoms with Crippen molar-refractivity contribution in [3.05, 3.63) is 35.6 Å². The lowest BCUT2D eigenvalue weighted by Crippen LogP contribution is -2.45. The molecule has 1 heterocycles. The maximum Gasteiger partial charge on any atom is 0.193 e. The van der Waals surface area contributed by atoms with Gasteiger partial charge in [-0.25, -0.2) is 4.39 Å². The van der Waals surface area contributed by atoms with Gasteiger partial charge in [0.05, 0.1) is 6.61 Å². The van der Waals surface area contributed by atoms with Gasteiger partial charge in [-0.1, -0.05) is 26.0 Å². The van der Waals surface area contributed by atoms with Crippen molar-refractivity contribution >= 4 is 5.96 Å². The summed E-state index contributed by atoms with van der Waals surface area (Å²) in [6.07, 6.45) is 1.13. The van der Waals surface area contributed by atoms with Gasteiger partial charge in [0.1, 0.15) is 5.82 Å². The number of halogens is 1. The zero-order valence-corrected chi connectivity index (χ0v) is 14.6. The van der Waals surface area contributed by atoms with Crippen LogP contribution in [0.2, 0.25) is 0 Å². The molecule has 1 aromatic carbocycles. The van der Waals surface area contributed by atoms with Crippen LogP contribution in [0.15, 0.2) is 29.3 Å². The van der Waals surface area contributed by atoms with E-state index in [0.29, 0.717) is 5.92 Å². The number of hydrogen-bond donors (Lipinski definition) is 1. The number of rotatable bonds is 5. The van der Waals surface area contributed by atoms with Gasteiger partial charge in [0.15, 0.2) is 5.96 Å². The molecule has 0 amide bonds. The Morgan fingerprint density at radius 2 is 2.09 bits per heavy atom. The lowest BCUT2D eigenvalue weighted by molar-refractivity contribution is 0.157. The van der Waals surface area contributed by atoms with E-state index in [1.54, 1.807) is 7.11 Å². The van der Waals surface area contributed by atoms with Gasteiger partial charge in [-0.3, -0.25) is 4.99 Å². The molecule has 0 radical (unpaired) electrons.